The first-order valence-electron chi connectivity index (χ1n) is 13.3. The summed E-state index contributed by atoms with van der Waals surface area (Å²) in [5.41, 5.74) is 1.27. The van der Waals surface area contributed by atoms with Crippen LogP contribution in [0.25, 0.3) is 0 Å². The summed E-state index contributed by atoms with van der Waals surface area (Å²) in [6.45, 7) is 7.14. The molecule has 4 rings (SSSR count). The van der Waals surface area contributed by atoms with E-state index in [0.717, 1.165) is 17.3 Å². The molecule has 0 aliphatic carbocycles. The van der Waals surface area contributed by atoms with Gasteiger partial charge in [0.05, 0.1) is 48.0 Å². The van der Waals surface area contributed by atoms with E-state index < -0.39 is 45.5 Å². The molecule has 2 N–H and O–H groups in total. The van der Waals surface area contributed by atoms with E-state index in [9.17, 15) is 39.4 Å². The van der Waals surface area contributed by atoms with Crippen LogP contribution in [0.4, 0.5) is 16.4 Å². The SMILES string of the molecule is COC(=O)C1=C(C)NC(C)=C(C(=O)OCC(C)C)C1c1ccccc1[N+](=O)[O-].O=C1CN(/N=C/c2ccc([N+](=O)[O-])o2)C(=O)N1. The van der Waals surface area contributed by atoms with Crippen molar-refractivity contribution in [3.8, 4) is 0 Å². The maximum absolute atomic E-state index is 12.9. The number of hydrazone groups is 1. The number of methoxy groups -OCH3 is 1. The highest BCUT2D eigenvalue weighted by atomic mass is 16.6. The number of nitro benzene ring substituents is 1. The third kappa shape index (κ3) is 8.15. The van der Waals surface area contributed by atoms with Gasteiger partial charge in [-0.15, -0.1) is 0 Å². The summed E-state index contributed by atoms with van der Waals surface area (Å²) < 4.78 is 15.0. The molecule has 1 aromatic carbocycles. The van der Waals surface area contributed by atoms with E-state index in [1.54, 1.807) is 19.9 Å². The fourth-order valence-electron chi connectivity index (χ4n) is 4.33. The summed E-state index contributed by atoms with van der Waals surface area (Å²) in [6.07, 6.45) is 1.12. The van der Waals surface area contributed by atoms with Crippen LogP contribution in [0.5, 0.6) is 0 Å². The molecule has 1 aromatic heterocycles. The van der Waals surface area contributed by atoms with E-state index in [-0.39, 0.29) is 47.2 Å². The number of para-hydroxylation sites is 1. The number of allylic oxidation sites excluding steroid dienone is 2. The number of rotatable bonds is 9. The van der Waals surface area contributed by atoms with E-state index in [2.05, 4.69) is 10.4 Å². The fraction of sp³-hybridized carbons (Fsp3) is 0.321. The lowest BCUT2D eigenvalue weighted by Gasteiger charge is -2.30. The topological polar surface area (TPSA) is 226 Å². The van der Waals surface area contributed by atoms with Gasteiger partial charge in [-0.2, -0.15) is 5.10 Å². The number of ether oxygens (including phenoxy) is 2. The van der Waals surface area contributed by atoms with Gasteiger partial charge in [-0.25, -0.2) is 19.4 Å². The summed E-state index contributed by atoms with van der Waals surface area (Å²) >= 11 is 0. The Morgan fingerprint density at radius 3 is 2.22 bits per heavy atom. The molecule has 17 nitrogen and oxygen atoms in total. The highest BCUT2D eigenvalue weighted by Crippen LogP contribution is 2.42. The molecule has 1 unspecified atom stereocenters. The van der Waals surface area contributed by atoms with Gasteiger partial charge >= 0.3 is 23.9 Å². The normalized spacial score (nSPS) is 16.3. The van der Waals surface area contributed by atoms with Crippen molar-refractivity contribution in [2.45, 2.75) is 33.6 Å². The van der Waals surface area contributed by atoms with Crippen LogP contribution in [0.15, 0.2) is 68.5 Å². The zero-order chi connectivity index (χ0) is 33.4. The molecule has 1 fully saturated rings. The number of amides is 3. The third-order valence-corrected chi connectivity index (χ3v) is 6.27. The number of urea groups is 1. The van der Waals surface area contributed by atoms with Crippen LogP contribution in [0.3, 0.4) is 0 Å². The Morgan fingerprint density at radius 1 is 1.04 bits per heavy atom. The predicted molar refractivity (Wildman–Crippen MR) is 155 cm³/mol. The van der Waals surface area contributed by atoms with Crippen LogP contribution in [-0.4, -0.2) is 65.2 Å². The molecule has 2 aliphatic heterocycles. The number of imide groups is 1. The van der Waals surface area contributed by atoms with E-state index in [1.165, 1.54) is 31.4 Å². The predicted octanol–water partition coefficient (Wildman–Crippen LogP) is 3.28. The number of carbonyl (C=O) groups excluding carboxylic acids is 4. The van der Waals surface area contributed by atoms with Gasteiger partial charge in [0.2, 0.25) is 5.91 Å². The quantitative estimate of drug-likeness (QED) is 0.134. The maximum atomic E-state index is 12.9. The smallest absolute Gasteiger partial charge is 0.433 e. The summed E-state index contributed by atoms with van der Waals surface area (Å²) in [5.74, 6) is -2.93. The molecule has 2 aliphatic rings. The van der Waals surface area contributed by atoms with Crippen LogP contribution >= 0.6 is 0 Å². The molecule has 0 spiro atoms. The minimum Gasteiger partial charge on any atom is -0.466 e. The molecule has 3 heterocycles. The van der Waals surface area contributed by atoms with Crippen molar-refractivity contribution in [2.75, 3.05) is 20.3 Å². The number of nitrogens with zero attached hydrogens (tertiary/aromatic N) is 4. The largest absolute Gasteiger partial charge is 0.466 e. The van der Waals surface area contributed by atoms with Gasteiger partial charge in [-0.3, -0.25) is 30.3 Å². The molecule has 17 heteroatoms. The number of esters is 2. The Morgan fingerprint density at radius 2 is 1.69 bits per heavy atom. The van der Waals surface area contributed by atoms with Gasteiger partial charge in [0.15, 0.2) is 5.76 Å². The molecule has 0 bridgehead atoms. The molecule has 3 amide bonds. The van der Waals surface area contributed by atoms with Gasteiger partial charge in [0.25, 0.3) is 5.69 Å². The van der Waals surface area contributed by atoms with E-state index in [0.29, 0.717) is 11.4 Å². The van der Waals surface area contributed by atoms with Gasteiger partial charge in [0.1, 0.15) is 11.5 Å². The van der Waals surface area contributed by atoms with Crippen molar-refractivity contribution in [3.05, 3.63) is 90.5 Å². The second-order valence-corrected chi connectivity index (χ2v) is 10.0. The number of benzene rings is 1. The van der Waals surface area contributed by atoms with Crippen LogP contribution in [0.2, 0.25) is 0 Å². The van der Waals surface area contributed by atoms with Crippen molar-refractivity contribution < 1.29 is 42.9 Å². The van der Waals surface area contributed by atoms with Gasteiger partial charge in [0, 0.05) is 23.0 Å². The molecule has 238 valence electrons. The lowest BCUT2D eigenvalue weighted by Crippen LogP contribution is -2.32. The Hall–Kier alpha value is -5.87. The number of nitrogens with one attached hydrogen (secondary N) is 2. The van der Waals surface area contributed by atoms with Crippen LogP contribution in [0.1, 0.15) is 44.9 Å². The molecule has 0 radical (unpaired) electrons. The summed E-state index contributed by atoms with van der Waals surface area (Å²) in [5, 5.41) is 31.5. The van der Waals surface area contributed by atoms with Crippen molar-refractivity contribution in [3.63, 3.8) is 0 Å². The minimum atomic E-state index is -0.977. The average Bonchev–Trinajstić information content (AvgIpc) is 3.59. The molecule has 45 heavy (non-hydrogen) atoms. The molecule has 2 aromatic rings. The van der Waals surface area contributed by atoms with E-state index in [4.69, 9.17) is 13.9 Å². The monoisotopic (exact) mass is 626 g/mol. The molecular formula is C28H30N6O11. The fourth-order valence-corrected chi connectivity index (χ4v) is 4.33. The third-order valence-electron chi connectivity index (χ3n) is 6.27. The van der Waals surface area contributed by atoms with Crippen molar-refractivity contribution >= 4 is 41.7 Å². The molecule has 1 atom stereocenters. The van der Waals surface area contributed by atoms with Gasteiger partial charge < -0.3 is 19.2 Å². The second kappa shape index (κ2) is 14.5. The van der Waals surface area contributed by atoms with Crippen LogP contribution in [0, 0.1) is 26.1 Å². The Labute approximate surface area is 255 Å². The van der Waals surface area contributed by atoms with Crippen molar-refractivity contribution in [1.29, 1.82) is 0 Å². The Balaban J connectivity index is 0.000000276. The van der Waals surface area contributed by atoms with Crippen molar-refractivity contribution in [1.82, 2.24) is 15.6 Å². The standard InChI is InChI=1S/C20H24N2O6.C8H6N4O5/c1-11(2)10-28-20(24)17-13(4)21-12(3)16(19(23)27-5)18(17)14-8-6-7-9-15(14)22(25)26;13-6-4-11(8(14)10-6)9-3-5-1-2-7(17-5)12(15)16/h6-9,11,18,21H,10H2,1-5H3;1-3H,4H2,(H,10,13,14)/b;9-3+. The highest BCUT2D eigenvalue weighted by molar-refractivity contribution is 6.02. The minimum absolute atomic E-state index is 0.114. The van der Waals surface area contributed by atoms with Crippen LogP contribution < -0.4 is 10.6 Å². The maximum Gasteiger partial charge on any atom is 0.433 e. The Bertz CT molecular complexity index is 1620. The van der Waals surface area contributed by atoms with Gasteiger partial charge in [-0.05, 0) is 25.8 Å². The number of furan rings is 1. The van der Waals surface area contributed by atoms with E-state index in [1.807, 2.05) is 19.2 Å². The summed E-state index contributed by atoms with van der Waals surface area (Å²) in [4.78, 5) is 67.9. The number of hydrogen-bond acceptors (Lipinski definition) is 13. The second-order valence-electron chi connectivity index (χ2n) is 10.0. The number of hydrogen-bond donors (Lipinski definition) is 2. The lowest BCUT2D eigenvalue weighted by atomic mass is 9.79. The highest BCUT2D eigenvalue weighted by Gasteiger charge is 2.40. The summed E-state index contributed by atoms with van der Waals surface area (Å²) in [7, 11) is 1.22. The Kier molecular flexibility index (Phi) is 10.9. The summed E-state index contributed by atoms with van der Waals surface area (Å²) in [6, 6.07) is 7.88. The first-order chi connectivity index (χ1) is 21.2. The first-order valence-corrected chi connectivity index (χ1v) is 13.3. The zero-order valence-corrected chi connectivity index (χ0v) is 24.9. The molecule has 1 saturated heterocycles. The van der Waals surface area contributed by atoms with E-state index >= 15 is 0 Å². The van der Waals surface area contributed by atoms with Gasteiger partial charge in [-0.1, -0.05) is 32.0 Å². The van der Waals surface area contributed by atoms with Crippen LogP contribution in [-0.2, 0) is 23.9 Å². The number of dihydropyridines is 1. The average molecular weight is 627 g/mol. The molecular weight excluding hydrogens is 596 g/mol. The zero-order valence-electron chi connectivity index (χ0n) is 24.9. The van der Waals surface area contributed by atoms with Crippen molar-refractivity contribution in [2.24, 2.45) is 11.0 Å². The first kappa shape index (κ1) is 33.6. The number of nitro groups is 2. The number of carbonyl (C=O) groups is 4. The molecule has 0 saturated carbocycles. The lowest BCUT2D eigenvalue weighted by molar-refractivity contribution is -0.402.